The van der Waals surface area contributed by atoms with Crippen molar-refractivity contribution in [3.63, 3.8) is 0 Å². The average Bonchev–Trinajstić information content (AvgIpc) is 2.94. The number of ether oxygens (including phenoxy) is 1. The van der Waals surface area contributed by atoms with E-state index in [0.717, 1.165) is 6.07 Å². The second-order valence-electron chi connectivity index (χ2n) is 6.31. The number of fused-ring (bicyclic) bond motifs is 3. The maximum absolute atomic E-state index is 13.8. The van der Waals surface area contributed by atoms with Gasteiger partial charge in [0.1, 0.15) is 0 Å². The molecule has 0 aromatic heterocycles. The van der Waals surface area contributed by atoms with Crippen LogP contribution in [0.2, 0.25) is 0 Å². The van der Waals surface area contributed by atoms with Gasteiger partial charge in [0.15, 0.2) is 6.04 Å². The van der Waals surface area contributed by atoms with Crippen LogP contribution in [0, 0.1) is 0 Å². The Morgan fingerprint density at radius 2 is 1.72 bits per heavy atom. The molecule has 1 aliphatic heterocycles. The average molecular weight is 421 g/mol. The van der Waals surface area contributed by atoms with E-state index < -0.39 is 52.6 Å². The highest BCUT2D eigenvalue weighted by Crippen LogP contribution is 2.52. The first-order chi connectivity index (χ1) is 13.3. The van der Waals surface area contributed by atoms with Gasteiger partial charge in [0, 0.05) is 22.2 Å². The third-order valence-corrected chi connectivity index (χ3v) is 4.62. The van der Waals surface area contributed by atoms with Crippen LogP contribution in [0.25, 0.3) is 10.8 Å². The van der Waals surface area contributed by atoms with Crippen LogP contribution in [0.1, 0.15) is 22.8 Å². The molecule has 5 nitrogen and oxygen atoms in total. The van der Waals surface area contributed by atoms with Crippen molar-refractivity contribution >= 4 is 28.2 Å². The van der Waals surface area contributed by atoms with Gasteiger partial charge in [-0.2, -0.15) is 26.3 Å². The van der Waals surface area contributed by atoms with E-state index in [1.165, 1.54) is 25.1 Å². The van der Waals surface area contributed by atoms with Gasteiger partial charge in [-0.05, 0) is 18.4 Å². The Bertz CT molecular complexity index is 1000. The number of hydrogen-bond donors (Lipinski definition) is 2. The van der Waals surface area contributed by atoms with E-state index in [0.29, 0.717) is 6.07 Å². The summed E-state index contributed by atoms with van der Waals surface area (Å²) in [4.78, 5) is 24.0. The molecule has 2 aromatic rings. The van der Waals surface area contributed by atoms with Gasteiger partial charge in [-0.25, -0.2) is 4.79 Å². The van der Waals surface area contributed by atoms with Crippen LogP contribution >= 0.6 is 0 Å². The molecule has 0 amide bonds. The second kappa shape index (κ2) is 6.61. The largest absolute Gasteiger partial charge is 0.464 e. The lowest BCUT2D eigenvalue weighted by molar-refractivity contribution is -0.269. The summed E-state index contributed by atoms with van der Waals surface area (Å²) >= 11 is 0. The smallest absolute Gasteiger partial charge is 0.454 e. The minimum absolute atomic E-state index is 0.188. The van der Waals surface area contributed by atoms with Crippen molar-refractivity contribution in [3.05, 3.63) is 41.5 Å². The standard InChI is InChI=1S/C18H13F6NO4/c1-2-29-15(27)13-16(28,18(22,23)24)11-7-10(14(26)17(19,20)21)8-5-3-4-6-9(8)12(11)25-13/h3-7,13,25,28H,2H2,1H3. The topological polar surface area (TPSA) is 75.6 Å². The van der Waals surface area contributed by atoms with E-state index in [4.69, 9.17) is 0 Å². The van der Waals surface area contributed by atoms with E-state index in [1.54, 1.807) is 0 Å². The summed E-state index contributed by atoms with van der Waals surface area (Å²) in [6.07, 6.45) is -10.8. The molecule has 1 heterocycles. The number of hydrogen-bond acceptors (Lipinski definition) is 5. The van der Waals surface area contributed by atoms with E-state index in [2.05, 4.69) is 10.1 Å². The van der Waals surface area contributed by atoms with Gasteiger partial charge < -0.3 is 15.2 Å². The molecular weight excluding hydrogens is 408 g/mol. The third-order valence-electron chi connectivity index (χ3n) is 4.62. The highest BCUT2D eigenvalue weighted by Gasteiger charge is 2.67. The molecule has 0 fully saturated rings. The molecule has 0 saturated heterocycles. The number of ketones is 1. The summed E-state index contributed by atoms with van der Waals surface area (Å²) in [7, 11) is 0. The number of rotatable bonds is 3. The van der Waals surface area contributed by atoms with Crippen molar-refractivity contribution in [2.75, 3.05) is 11.9 Å². The van der Waals surface area contributed by atoms with Gasteiger partial charge in [-0.15, -0.1) is 0 Å². The van der Waals surface area contributed by atoms with E-state index in [1.807, 2.05) is 0 Å². The number of anilines is 1. The van der Waals surface area contributed by atoms with Crippen molar-refractivity contribution in [2.45, 2.75) is 30.9 Å². The van der Waals surface area contributed by atoms with Crippen LogP contribution < -0.4 is 5.32 Å². The number of benzene rings is 2. The van der Waals surface area contributed by atoms with Crippen LogP contribution in [0.5, 0.6) is 0 Å². The molecule has 2 atom stereocenters. The van der Waals surface area contributed by atoms with Gasteiger partial charge >= 0.3 is 18.3 Å². The molecule has 1 aliphatic rings. The maximum atomic E-state index is 13.8. The molecule has 2 N–H and O–H groups in total. The normalized spacial score (nSPS) is 21.6. The minimum Gasteiger partial charge on any atom is -0.464 e. The van der Waals surface area contributed by atoms with Crippen LogP contribution in [-0.2, 0) is 15.1 Å². The molecule has 29 heavy (non-hydrogen) atoms. The molecule has 3 rings (SSSR count). The van der Waals surface area contributed by atoms with E-state index in [-0.39, 0.29) is 17.4 Å². The Kier molecular flexibility index (Phi) is 4.77. The van der Waals surface area contributed by atoms with Crippen molar-refractivity contribution < 1.29 is 45.8 Å². The summed E-state index contributed by atoms with van der Waals surface area (Å²) in [6, 6.07) is 2.90. The summed E-state index contributed by atoms with van der Waals surface area (Å²) in [5, 5.41) is 12.3. The SMILES string of the molecule is CCOC(=O)C1Nc2c(cc(C(=O)C(F)(F)F)c3ccccc23)C1(O)C(F)(F)F. The zero-order valence-corrected chi connectivity index (χ0v) is 14.6. The number of alkyl halides is 6. The Morgan fingerprint density at radius 3 is 2.24 bits per heavy atom. The molecule has 2 aromatic carbocycles. The number of carbonyl (C=O) groups excluding carboxylic acids is 2. The van der Waals surface area contributed by atoms with Crippen molar-refractivity contribution in [1.29, 1.82) is 0 Å². The Labute approximate surface area is 159 Å². The maximum Gasteiger partial charge on any atom is 0.454 e. The monoisotopic (exact) mass is 421 g/mol. The summed E-state index contributed by atoms with van der Waals surface area (Å²) in [6.45, 7) is 1.04. The van der Waals surface area contributed by atoms with Gasteiger partial charge in [0.05, 0.1) is 6.61 Å². The molecule has 0 aliphatic carbocycles. The molecular formula is C18H13F6NO4. The van der Waals surface area contributed by atoms with Crippen molar-refractivity contribution in [1.82, 2.24) is 0 Å². The summed E-state index contributed by atoms with van der Waals surface area (Å²) in [5.74, 6) is -3.82. The molecule has 0 saturated carbocycles. The van der Waals surface area contributed by atoms with E-state index in [9.17, 15) is 41.0 Å². The number of esters is 1. The van der Waals surface area contributed by atoms with Gasteiger partial charge in [-0.1, -0.05) is 24.3 Å². The highest BCUT2D eigenvalue weighted by molar-refractivity contribution is 6.15. The van der Waals surface area contributed by atoms with Crippen molar-refractivity contribution in [3.8, 4) is 0 Å². The molecule has 156 valence electrons. The third kappa shape index (κ3) is 3.09. The minimum atomic E-state index is -5.47. The summed E-state index contributed by atoms with van der Waals surface area (Å²) < 4.78 is 85.2. The molecule has 0 bridgehead atoms. The molecule has 0 spiro atoms. The molecule has 2 unspecified atom stereocenters. The first-order valence-corrected chi connectivity index (χ1v) is 8.24. The quantitative estimate of drug-likeness (QED) is 0.449. The fraction of sp³-hybridized carbons (Fsp3) is 0.333. The first kappa shape index (κ1) is 20.9. The Hall–Kier alpha value is -2.82. The zero-order chi connectivity index (χ0) is 21.8. The zero-order valence-electron chi connectivity index (χ0n) is 14.6. The fourth-order valence-electron chi connectivity index (χ4n) is 3.35. The van der Waals surface area contributed by atoms with Gasteiger partial charge in [-0.3, -0.25) is 4.79 Å². The lowest BCUT2D eigenvalue weighted by Crippen LogP contribution is -2.54. The van der Waals surface area contributed by atoms with Gasteiger partial charge in [0.2, 0.25) is 5.60 Å². The highest BCUT2D eigenvalue weighted by atomic mass is 19.4. The van der Waals surface area contributed by atoms with Gasteiger partial charge in [0.25, 0.3) is 5.78 Å². The van der Waals surface area contributed by atoms with Crippen LogP contribution in [0.3, 0.4) is 0 Å². The van der Waals surface area contributed by atoms with Crippen molar-refractivity contribution in [2.24, 2.45) is 0 Å². The number of aliphatic hydroxyl groups is 1. The first-order valence-electron chi connectivity index (χ1n) is 8.24. The number of halogens is 6. The number of nitrogens with one attached hydrogen (secondary N) is 1. The van der Waals surface area contributed by atoms with Crippen LogP contribution in [-0.4, -0.2) is 41.9 Å². The number of carbonyl (C=O) groups is 2. The fourth-order valence-corrected chi connectivity index (χ4v) is 3.35. The predicted molar refractivity (Wildman–Crippen MR) is 88.3 cm³/mol. The molecule has 11 heteroatoms. The number of Topliss-reactive ketones (excluding diaryl/α,β-unsaturated/α-hetero) is 1. The Balaban J connectivity index is 2.37. The lowest BCUT2D eigenvalue weighted by atomic mass is 9.85. The van der Waals surface area contributed by atoms with Crippen LogP contribution in [0.15, 0.2) is 30.3 Å². The molecule has 0 radical (unpaired) electrons. The second-order valence-corrected chi connectivity index (χ2v) is 6.31. The summed E-state index contributed by atoms with van der Waals surface area (Å²) in [5.41, 5.74) is -6.44. The van der Waals surface area contributed by atoms with E-state index >= 15 is 0 Å². The predicted octanol–water partition coefficient (Wildman–Crippen LogP) is 3.69. The van der Waals surface area contributed by atoms with Crippen LogP contribution in [0.4, 0.5) is 32.0 Å². The lowest BCUT2D eigenvalue weighted by Gasteiger charge is -2.31. The Morgan fingerprint density at radius 1 is 1.14 bits per heavy atom.